The minimum absolute atomic E-state index is 0.218. The third-order valence-corrected chi connectivity index (χ3v) is 4.45. The van der Waals surface area contributed by atoms with E-state index in [-0.39, 0.29) is 6.09 Å². The quantitative estimate of drug-likeness (QED) is 0.871. The molecule has 0 saturated carbocycles. The lowest BCUT2D eigenvalue weighted by molar-refractivity contribution is 0.0205. The van der Waals surface area contributed by atoms with Crippen molar-refractivity contribution in [2.45, 2.75) is 45.1 Å². The van der Waals surface area contributed by atoms with Crippen molar-refractivity contribution in [3.8, 4) is 0 Å². The van der Waals surface area contributed by atoms with Gasteiger partial charge in [0.25, 0.3) is 0 Å². The summed E-state index contributed by atoms with van der Waals surface area (Å²) in [6, 6.07) is 2.00. The number of nitrogens with two attached hydrogens (primary N) is 1. The fourth-order valence-electron chi connectivity index (χ4n) is 3.33. The topological polar surface area (TPSA) is 73.4 Å². The summed E-state index contributed by atoms with van der Waals surface area (Å²) >= 11 is 0. The maximum absolute atomic E-state index is 12.2. The number of amides is 1. The zero-order valence-corrected chi connectivity index (χ0v) is 14.9. The number of nitrogens with zero attached hydrogens (tertiary/aromatic N) is 3. The number of hydrogen-bond acceptors (Lipinski definition) is 4. The molecule has 2 aromatic heterocycles. The number of nitrogen functional groups attached to an aromatic ring is 1. The van der Waals surface area contributed by atoms with Gasteiger partial charge in [-0.25, -0.2) is 9.78 Å². The average Bonchev–Trinajstić information content (AvgIpc) is 2.82. The smallest absolute Gasteiger partial charge is 0.410 e. The molecule has 6 nitrogen and oxygen atoms in total. The van der Waals surface area contributed by atoms with E-state index in [1.54, 1.807) is 11.1 Å². The molecule has 3 heterocycles. The van der Waals surface area contributed by atoms with Crippen LogP contribution in [-0.2, 0) is 11.8 Å². The fraction of sp³-hybridized carbons (Fsp3) is 0.556. The van der Waals surface area contributed by atoms with Gasteiger partial charge in [-0.15, -0.1) is 0 Å². The van der Waals surface area contributed by atoms with Crippen LogP contribution in [0.3, 0.4) is 0 Å². The van der Waals surface area contributed by atoms with E-state index in [1.165, 1.54) is 5.56 Å². The molecule has 0 bridgehead atoms. The molecule has 6 heteroatoms. The maximum Gasteiger partial charge on any atom is 0.410 e. The maximum atomic E-state index is 12.2. The Morgan fingerprint density at radius 3 is 2.62 bits per heavy atom. The Balaban J connectivity index is 1.73. The zero-order chi connectivity index (χ0) is 17.5. The largest absolute Gasteiger partial charge is 0.444 e. The van der Waals surface area contributed by atoms with Crippen LogP contribution in [0.5, 0.6) is 0 Å². The van der Waals surface area contributed by atoms with Crippen molar-refractivity contribution < 1.29 is 9.53 Å². The number of likely N-dealkylation sites (tertiary alicyclic amines) is 1. The van der Waals surface area contributed by atoms with E-state index in [9.17, 15) is 4.79 Å². The number of rotatable bonds is 1. The van der Waals surface area contributed by atoms with Crippen molar-refractivity contribution in [3.05, 3.63) is 24.0 Å². The molecule has 1 aliphatic rings. The summed E-state index contributed by atoms with van der Waals surface area (Å²) in [6.45, 7) is 7.11. The van der Waals surface area contributed by atoms with Crippen LogP contribution in [0.2, 0.25) is 0 Å². The lowest BCUT2D eigenvalue weighted by atomic mass is 9.89. The van der Waals surface area contributed by atoms with Crippen LogP contribution in [0.15, 0.2) is 18.5 Å². The Kier molecular flexibility index (Phi) is 4.15. The highest BCUT2D eigenvalue weighted by Crippen LogP contribution is 2.34. The van der Waals surface area contributed by atoms with Crippen molar-refractivity contribution in [2.75, 3.05) is 18.8 Å². The van der Waals surface area contributed by atoms with Crippen LogP contribution in [0.4, 0.5) is 10.5 Å². The molecule has 0 spiro atoms. The van der Waals surface area contributed by atoms with Gasteiger partial charge in [-0.2, -0.15) is 0 Å². The average molecular weight is 330 g/mol. The van der Waals surface area contributed by atoms with Crippen molar-refractivity contribution in [1.82, 2.24) is 14.5 Å². The SMILES string of the molecule is Cn1cc(C2CCN(C(=O)OC(C)(C)C)CC2)c2cc(N)cnc21. The van der Waals surface area contributed by atoms with Gasteiger partial charge in [0, 0.05) is 31.7 Å². The molecule has 1 aliphatic heterocycles. The highest BCUT2D eigenvalue weighted by Gasteiger charge is 2.28. The third-order valence-electron chi connectivity index (χ3n) is 4.45. The molecule has 3 rings (SSSR count). The number of piperidine rings is 1. The summed E-state index contributed by atoms with van der Waals surface area (Å²) in [5.74, 6) is 0.413. The Morgan fingerprint density at radius 2 is 2.00 bits per heavy atom. The molecule has 0 unspecified atom stereocenters. The van der Waals surface area contributed by atoms with Crippen molar-refractivity contribution in [1.29, 1.82) is 0 Å². The predicted molar refractivity (Wildman–Crippen MR) is 94.9 cm³/mol. The fourth-order valence-corrected chi connectivity index (χ4v) is 3.33. The first kappa shape index (κ1) is 16.6. The summed E-state index contributed by atoms with van der Waals surface area (Å²) in [7, 11) is 2.00. The van der Waals surface area contributed by atoms with Crippen LogP contribution in [-0.4, -0.2) is 39.2 Å². The molecule has 0 atom stereocenters. The van der Waals surface area contributed by atoms with Crippen molar-refractivity contribution >= 4 is 22.8 Å². The van der Waals surface area contributed by atoms with Crippen LogP contribution >= 0.6 is 0 Å². The molecule has 1 saturated heterocycles. The van der Waals surface area contributed by atoms with Crippen LogP contribution in [0, 0.1) is 0 Å². The van der Waals surface area contributed by atoms with Gasteiger partial charge in [-0.05, 0) is 51.2 Å². The minimum Gasteiger partial charge on any atom is -0.444 e. The zero-order valence-electron chi connectivity index (χ0n) is 14.9. The molecule has 2 N–H and O–H groups in total. The predicted octanol–water partition coefficient (Wildman–Crippen LogP) is 3.27. The van der Waals surface area contributed by atoms with Gasteiger partial charge in [0.1, 0.15) is 11.2 Å². The number of ether oxygens (including phenoxy) is 1. The van der Waals surface area contributed by atoms with Crippen LogP contribution < -0.4 is 5.73 Å². The first-order chi connectivity index (χ1) is 11.2. The second kappa shape index (κ2) is 6.00. The first-order valence-corrected chi connectivity index (χ1v) is 8.43. The molecule has 0 aliphatic carbocycles. The van der Waals surface area contributed by atoms with E-state index in [0.717, 1.165) is 23.9 Å². The number of fused-ring (bicyclic) bond motifs is 1. The number of carbonyl (C=O) groups excluding carboxylic acids is 1. The standard InChI is InChI=1S/C18H26N4O2/c1-18(2,3)24-17(23)22-7-5-12(6-8-22)15-11-21(4)16-14(15)9-13(19)10-20-16/h9-12H,5-8,19H2,1-4H3. The molecular weight excluding hydrogens is 304 g/mol. The summed E-state index contributed by atoms with van der Waals surface area (Å²) in [5.41, 5.74) is 8.37. The number of pyridine rings is 1. The lowest BCUT2D eigenvalue weighted by Gasteiger charge is -2.33. The van der Waals surface area contributed by atoms with Crippen molar-refractivity contribution in [3.63, 3.8) is 0 Å². The Morgan fingerprint density at radius 1 is 1.33 bits per heavy atom. The number of hydrogen-bond donors (Lipinski definition) is 1. The van der Waals surface area contributed by atoms with Crippen molar-refractivity contribution in [2.24, 2.45) is 7.05 Å². The summed E-state index contributed by atoms with van der Waals surface area (Å²) in [6.07, 6.45) is 5.47. The number of anilines is 1. The van der Waals surface area contributed by atoms with Gasteiger partial charge in [0.2, 0.25) is 0 Å². The molecule has 0 radical (unpaired) electrons. The second-order valence-corrected chi connectivity index (χ2v) is 7.58. The minimum atomic E-state index is -0.452. The van der Waals surface area contributed by atoms with E-state index < -0.39 is 5.60 Å². The van der Waals surface area contributed by atoms with Gasteiger partial charge in [-0.1, -0.05) is 0 Å². The molecule has 24 heavy (non-hydrogen) atoms. The highest BCUT2D eigenvalue weighted by atomic mass is 16.6. The van der Waals surface area contributed by atoms with E-state index in [1.807, 2.05) is 38.5 Å². The summed E-state index contributed by atoms with van der Waals surface area (Å²) in [4.78, 5) is 18.4. The summed E-state index contributed by atoms with van der Waals surface area (Å²) < 4.78 is 7.51. The van der Waals surface area contributed by atoms with Gasteiger partial charge >= 0.3 is 6.09 Å². The molecule has 2 aromatic rings. The molecule has 0 aromatic carbocycles. The Bertz CT molecular complexity index is 752. The second-order valence-electron chi connectivity index (χ2n) is 7.58. The first-order valence-electron chi connectivity index (χ1n) is 8.43. The molecule has 130 valence electrons. The van der Waals surface area contributed by atoms with Gasteiger partial charge in [0.05, 0.1) is 11.9 Å². The number of carbonyl (C=O) groups is 1. The normalized spacial score (nSPS) is 16.6. The van der Waals surface area contributed by atoms with E-state index >= 15 is 0 Å². The molecule has 1 fully saturated rings. The van der Waals surface area contributed by atoms with E-state index in [2.05, 4.69) is 11.2 Å². The number of aryl methyl sites for hydroxylation is 1. The molecule has 1 amide bonds. The van der Waals surface area contributed by atoms with Gasteiger partial charge in [-0.3, -0.25) is 0 Å². The van der Waals surface area contributed by atoms with E-state index in [0.29, 0.717) is 24.7 Å². The highest BCUT2D eigenvalue weighted by molar-refractivity contribution is 5.83. The third kappa shape index (κ3) is 3.32. The van der Waals surface area contributed by atoms with E-state index in [4.69, 9.17) is 10.5 Å². The monoisotopic (exact) mass is 330 g/mol. The summed E-state index contributed by atoms with van der Waals surface area (Å²) in [5, 5.41) is 1.12. The number of aromatic nitrogens is 2. The molecular formula is C18H26N4O2. The Hall–Kier alpha value is -2.24. The van der Waals surface area contributed by atoms with Crippen LogP contribution in [0.1, 0.15) is 45.1 Å². The lowest BCUT2D eigenvalue weighted by Crippen LogP contribution is -2.41. The van der Waals surface area contributed by atoms with Crippen LogP contribution in [0.25, 0.3) is 11.0 Å². The van der Waals surface area contributed by atoms with Gasteiger partial charge < -0.3 is 19.9 Å². The van der Waals surface area contributed by atoms with Gasteiger partial charge in [0.15, 0.2) is 0 Å². The Labute approximate surface area is 142 Å².